The summed E-state index contributed by atoms with van der Waals surface area (Å²) < 4.78 is 2.51. The highest BCUT2D eigenvalue weighted by atomic mass is 32.2. The molecule has 0 unspecified atom stereocenters. The number of fused-ring (bicyclic) bond motifs is 1. The number of aromatic nitrogens is 4. The highest BCUT2D eigenvalue weighted by molar-refractivity contribution is 8.01. The van der Waals surface area contributed by atoms with Gasteiger partial charge in [0, 0.05) is 12.7 Å². The van der Waals surface area contributed by atoms with Crippen LogP contribution in [0.15, 0.2) is 52.6 Å². The lowest BCUT2D eigenvalue weighted by Gasteiger charge is -2.08. The molecule has 0 spiro atoms. The van der Waals surface area contributed by atoms with E-state index in [1.165, 1.54) is 28.7 Å². The third kappa shape index (κ3) is 4.26. The lowest BCUT2D eigenvalue weighted by Crippen LogP contribution is -2.00. The van der Waals surface area contributed by atoms with E-state index in [-0.39, 0.29) is 17.1 Å². The normalized spacial score (nSPS) is 11.9. The second kappa shape index (κ2) is 8.79. The van der Waals surface area contributed by atoms with Gasteiger partial charge in [0.1, 0.15) is 17.4 Å². The Morgan fingerprint density at radius 3 is 2.77 bits per heavy atom. The molecule has 2 N–H and O–H groups in total. The Morgan fingerprint density at radius 1 is 1.19 bits per heavy atom. The molecule has 0 amide bonds. The minimum Gasteiger partial charge on any atom is -0.510 e. The lowest BCUT2D eigenvalue weighted by molar-refractivity contribution is 0.420. The molecular weight excluding hydrogens is 428 g/mol. The zero-order valence-corrected chi connectivity index (χ0v) is 18.9. The van der Waals surface area contributed by atoms with Crippen LogP contribution in [-0.2, 0) is 7.05 Å². The van der Waals surface area contributed by atoms with Crippen molar-refractivity contribution in [1.82, 2.24) is 19.7 Å². The van der Waals surface area contributed by atoms with Gasteiger partial charge in [0.25, 0.3) is 0 Å². The molecule has 0 atom stereocenters. The highest BCUT2D eigenvalue weighted by Crippen LogP contribution is 2.31. The Labute approximate surface area is 188 Å². The van der Waals surface area contributed by atoms with Gasteiger partial charge in [-0.1, -0.05) is 47.4 Å². The zero-order valence-electron chi connectivity index (χ0n) is 17.2. The molecule has 0 radical (unpaired) electrons. The number of nitriles is 1. The van der Waals surface area contributed by atoms with Gasteiger partial charge in [-0.05, 0) is 43.2 Å². The van der Waals surface area contributed by atoms with Crippen molar-refractivity contribution in [3.8, 4) is 6.07 Å². The molecule has 4 aromatic rings. The van der Waals surface area contributed by atoms with Crippen LogP contribution < -0.4 is 5.32 Å². The predicted molar refractivity (Wildman–Crippen MR) is 126 cm³/mol. The number of para-hydroxylation sites is 2. The minimum atomic E-state index is -0.0369. The maximum absolute atomic E-state index is 10.6. The van der Waals surface area contributed by atoms with Gasteiger partial charge in [0.15, 0.2) is 10.2 Å². The van der Waals surface area contributed by atoms with Gasteiger partial charge in [-0.15, -0.1) is 10.2 Å². The third-order valence-corrected chi connectivity index (χ3v) is 6.98. The van der Waals surface area contributed by atoms with Crippen LogP contribution in [-0.4, -0.2) is 30.6 Å². The third-order valence-electron chi connectivity index (χ3n) is 5.00. The van der Waals surface area contributed by atoms with Crippen LogP contribution in [0.5, 0.6) is 0 Å². The largest absolute Gasteiger partial charge is 0.510 e. The first kappa shape index (κ1) is 20.9. The molecule has 0 aliphatic rings. The van der Waals surface area contributed by atoms with E-state index < -0.39 is 0 Å². The molecule has 0 fully saturated rings. The summed E-state index contributed by atoms with van der Waals surface area (Å²) >= 11 is 2.73. The molecule has 2 aromatic carbocycles. The molecule has 156 valence electrons. The van der Waals surface area contributed by atoms with Crippen LogP contribution in [0.3, 0.4) is 0 Å². The number of nitrogens with zero attached hydrogens (tertiary/aromatic N) is 5. The lowest BCUT2D eigenvalue weighted by atomic mass is 10.1. The average Bonchev–Trinajstić information content (AvgIpc) is 3.35. The Hall–Kier alpha value is -3.35. The van der Waals surface area contributed by atoms with E-state index in [4.69, 9.17) is 0 Å². The van der Waals surface area contributed by atoms with Crippen LogP contribution >= 0.6 is 23.1 Å². The van der Waals surface area contributed by atoms with E-state index in [1.54, 1.807) is 0 Å². The first-order valence-electron chi connectivity index (χ1n) is 9.51. The summed E-state index contributed by atoms with van der Waals surface area (Å²) in [7, 11) is 1.83. The summed E-state index contributed by atoms with van der Waals surface area (Å²) in [4.78, 5) is 4.50. The molecule has 0 saturated heterocycles. The molecule has 0 aliphatic heterocycles. The summed E-state index contributed by atoms with van der Waals surface area (Å²) in [5.74, 6) is 0.603. The summed E-state index contributed by atoms with van der Waals surface area (Å²) in [6.45, 7) is 4.12. The fourth-order valence-corrected chi connectivity index (χ4v) is 4.78. The second-order valence-electron chi connectivity index (χ2n) is 6.95. The molecule has 31 heavy (non-hydrogen) atoms. The van der Waals surface area contributed by atoms with E-state index in [0.717, 1.165) is 22.3 Å². The molecule has 2 heterocycles. The minimum absolute atomic E-state index is 0.0369. The van der Waals surface area contributed by atoms with E-state index in [9.17, 15) is 10.4 Å². The topological polar surface area (TPSA) is 99.7 Å². The molecule has 0 saturated carbocycles. The van der Waals surface area contributed by atoms with Crippen molar-refractivity contribution >= 4 is 50.5 Å². The van der Waals surface area contributed by atoms with Crippen LogP contribution in [0.1, 0.15) is 17.0 Å². The summed E-state index contributed by atoms with van der Waals surface area (Å²) in [6, 6.07) is 15.8. The first-order valence-corrected chi connectivity index (χ1v) is 11.3. The number of hydrogen-bond acceptors (Lipinski definition) is 8. The quantitative estimate of drug-likeness (QED) is 0.232. The molecule has 0 bridgehead atoms. The summed E-state index contributed by atoms with van der Waals surface area (Å²) in [5, 5.41) is 32.6. The van der Waals surface area contributed by atoms with Crippen LogP contribution in [0.4, 0.5) is 10.8 Å². The van der Waals surface area contributed by atoms with Crippen molar-refractivity contribution in [2.45, 2.75) is 18.2 Å². The number of nitrogens with one attached hydrogen (secondary N) is 1. The van der Waals surface area contributed by atoms with E-state index in [0.29, 0.717) is 15.3 Å². The van der Waals surface area contributed by atoms with Crippen LogP contribution in [0.2, 0.25) is 0 Å². The molecule has 9 heteroatoms. The van der Waals surface area contributed by atoms with E-state index in [2.05, 4.69) is 46.5 Å². The number of aliphatic hydroxyl groups is 1. The van der Waals surface area contributed by atoms with Gasteiger partial charge in [0.2, 0.25) is 5.13 Å². The smallest absolute Gasteiger partial charge is 0.210 e. The number of imidazole rings is 1. The van der Waals surface area contributed by atoms with Crippen molar-refractivity contribution in [2.24, 2.45) is 7.05 Å². The molecule has 0 aliphatic carbocycles. The number of allylic oxidation sites excluding steroid dienone is 1. The van der Waals surface area contributed by atoms with Crippen molar-refractivity contribution in [3.05, 3.63) is 65.2 Å². The summed E-state index contributed by atoms with van der Waals surface area (Å²) in [6.07, 6.45) is 0. The number of thioether (sulfide) groups is 1. The number of benzene rings is 2. The fourth-order valence-electron chi connectivity index (χ4n) is 3.14. The van der Waals surface area contributed by atoms with Gasteiger partial charge < -0.3 is 15.0 Å². The highest BCUT2D eigenvalue weighted by Gasteiger charge is 2.17. The number of anilines is 2. The van der Waals surface area contributed by atoms with Crippen LogP contribution in [0, 0.1) is 25.2 Å². The summed E-state index contributed by atoms with van der Waals surface area (Å²) in [5.41, 5.74) is 5.18. The first-order chi connectivity index (χ1) is 15.0. The standard InChI is InChI=1S/C22H20N6OS2/c1-13-7-6-9-16(14(13)2)25-21-26-27-22(31-21)30-12-19(29)15(11-23)20-24-17-8-4-5-10-18(17)28(20)3/h4-10,29H,12H2,1-3H3,(H,25,26)/b19-15-. The van der Waals surface area contributed by atoms with E-state index >= 15 is 0 Å². The van der Waals surface area contributed by atoms with Crippen molar-refractivity contribution in [1.29, 1.82) is 5.26 Å². The average molecular weight is 449 g/mol. The number of hydrogen-bond donors (Lipinski definition) is 2. The molecular formula is C22H20N6OS2. The van der Waals surface area contributed by atoms with Crippen LogP contribution in [0.25, 0.3) is 16.6 Å². The zero-order chi connectivity index (χ0) is 22.0. The maximum atomic E-state index is 10.6. The van der Waals surface area contributed by atoms with Crippen molar-refractivity contribution < 1.29 is 5.11 Å². The monoisotopic (exact) mass is 448 g/mol. The molecule has 4 rings (SSSR count). The molecule has 2 aromatic heterocycles. The van der Waals surface area contributed by atoms with Crippen molar-refractivity contribution in [3.63, 3.8) is 0 Å². The van der Waals surface area contributed by atoms with Crippen molar-refractivity contribution in [2.75, 3.05) is 11.1 Å². The predicted octanol–water partition coefficient (Wildman–Crippen LogP) is 5.37. The maximum Gasteiger partial charge on any atom is 0.210 e. The SMILES string of the molecule is Cc1cccc(Nc2nnc(SC/C(O)=C(\C#N)c3nc4ccccc4n3C)s2)c1C. The van der Waals surface area contributed by atoms with Gasteiger partial charge in [-0.2, -0.15) is 5.26 Å². The fraction of sp³-hybridized carbons (Fsp3) is 0.182. The Balaban J connectivity index is 1.50. The molecule has 7 nitrogen and oxygen atoms in total. The second-order valence-corrected chi connectivity index (χ2v) is 9.15. The Morgan fingerprint density at radius 2 is 2.00 bits per heavy atom. The Kier molecular flexibility index (Phi) is 5.93. The number of aryl methyl sites for hydroxylation is 2. The Bertz CT molecular complexity index is 1330. The van der Waals surface area contributed by atoms with E-state index in [1.807, 2.05) is 48.0 Å². The van der Waals surface area contributed by atoms with Gasteiger partial charge in [-0.25, -0.2) is 4.98 Å². The number of rotatable bonds is 6. The number of aliphatic hydroxyl groups excluding tert-OH is 1. The van der Waals surface area contributed by atoms with Gasteiger partial charge in [-0.3, -0.25) is 0 Å². The van der Waals surface area contributed by atoms with Gasteiger partial charge >= 0.3 is 0 Å². The van der Waals surface area contributed by atoms with Gasteiger partial charge in [0.05, 0.1) is 16.8 Å².